The first-order chi connectivity index (χ1) is 5.70. The molecule has 0 radical (unpaired) electrons. The number of rotatable bonds is 7. The van der Waals surface area contributed by atoms with Crippen LogP contribution >= 0.6 is 8.25 Å². The average Bonchev–Trinajstić information content (AvgIpc) is 2.05. The van der Waals surface area contributed by atoms with Crippen LogP contribution in [0.15, 0.2) is 0 Å². The Kier molecular flexibility index (Phi) is 14.8. The molecule has 0 aromatic carbocycles. The van der Waals surface area contributed by atoms with Crippen molar-refractivity contribution in [2.75, 3.05) is 6.61 Å². The zero-order chi connectivity index (χ0) is 9.40. The quantitative estimate of drug-likeness (QED) is 0.727. The maximum Gasteiger partial charge on any atom is 0.694 e. The van der Waals surface area contributed by atoms with E-state index in [0.717, 1.165) is 12.8 Å². The Labute approximate surface area is 114 Å². The molecule has 76 valence electrons. The summed E-state index contributed by atoms with van der Waals surface area (Å²) in [6, 6.07) is 0. The van der Waals surface area contributed by atoms with Gasteiger partial charge in [0.05, 0.1) is 0 Å². The van der Waals surface area contributed by atoms with Crippen molar-refractivity contribution in [1.82, 2.24) is 0 Å². The van der Waals surface area contributed by atoms with Gasteiger partial charge in [0.15, 0.2) is 0 Å². The van der Waals surface area contributed by atoms with Gasteiger partial charge in [0.25, 0.3) is 0 Å². The second-order valence-corrected chi connectivity index (χ2v) is 3.68. The van der Waals surface area contributed by atoms with E-state index in [1.165, 1.54) is 12.8 Å². The summed E-state index contributed by atoms with van der Waals surface area (Å²) in [5.41, 5.74) is 0. The molecule has 0 rings (SSSR count). The van der Waals surface area contributed by atoms with Gasteiger partial charge in [0.1, 0.15) is 6.61 Å². The van der Waals surface area contributed by atoms with Gasteiger partial charge in [-0.1, -0.05) is 33.1 Å². The van der Waals surface area contributed by atoms with Gasteiger partial charge in [0.2, 0.25) is 0 Å². The molecule has 2 atom stereocenters. The summed E-state index contributed by atoms with van der Waals surface area (Å²) in [6.45, 7) is 4.64. The number of hydrogen-bond donors (Lipinski definition) is 1. The van der Waals surface area contributed by atoms with E-state index in [-0.39, 0.29) is 40.8 Å². The summed E-state index contributed by atoms with van der Waals surface area (Å²) >= 11 is 0. The monoisotopic (exact) mass is 335 g/mol. The van der Waals surface area contributed by atoms with E-state index in [1.807, 2.05) is 0 Å². The second kappa shape index (κ2) is 11.4. The first kappa shape index (κ1) is 16.8. The van der Waals surface area contributed by atoms with Crippen molar-refractivity contribution in [1.29, 1.82) is 0 Å². The Morgan fingerprint density at radius 1 is 1.46 bits per heavy atom. The van der Waals surface area contributed by atoms with Crippen LogP contribution in [0.4, 0.5) is 0 Å². The predicted molar refractivity (Wildman–Crippen MR) is 49.1 cm³/mol. The van der Waals surface area contributed by atoms with Crippen LogP contribution in [0.5, 0.6) is 0 Å². The third kappa shape index (κ3) is 11.3. The molecule has 13 heavy (non-hydrogen) atoms. The first-order valence-electron chi connectivity index (χ1n) is 4.49. The molecule has 0 saturated heterocycles. The van der Waals surface area contributed by atoms with Gasteiger partial charge in [-0.2, -0.15) is 0 Å². The zero-order valence-corrected chi connectivity index (χ0v) is 12.4. The van der Waals surface area contributed by atoms with E-state index < -0.39 is 8.25 Å². The Balaban J connectivity index is 0. The minimum absolute atomic E-state index is 0. The van der Waals surface area contributed by atoms with Gasteiger partial charge in [0, 0.05) is 45.4 Å². The van der Waals surface area contributed by atoms with Crippen molar-refractivity contribution < 1.29 is 54.8 Å². The molecular weight excluding hydrogens is 319 g/mol. The summed E-state index contributed by atoms with van der Waals surface area (Å²) in [7, 11) is -2.40. The van der Waals surface area contributed by atoms with Gasteiger partial charge in [-0.25, -0.2) is 0 Å². The second-order valence-electron chi connectivity index (χ2n) is 2.95. The summed E-state index contributed by atoms with van der Waals surface area (Å²) in [4.78, 5) is 8.41. The fourth-order valence-corrected chi connectivity index (χ4v) is 1.41. The molecule has 0 bridgehead atoms. The van der Waals surface area contributed by atoms with Crippen LogP contribution in [0.25, 0.3) is 0 Å². The normalized spacial score (nSPS) is 13.3. The van der Waals surface area contributed by atoms with E-state index in [2.05, 4.69) is 18.4 Å². The minimum atomic E-state index is -2.40. The predicted octanol–water partition coefficient (Wildman–Crippen LogP) is 2.87. The Hall–Kier alpha value is 1.37. The van der Waals surface area contributed by atoms with Crippen LogP contribution in [0.3, 0.4) is 0 Å². The molecule has 0 aromatic rings. The molecule has 0 spiro atoms. The van der Waals surface area contributed by atoms with Crippen molar-refractivity contribution in [3.05, 3.63) is 0 Å². The average molecular weight is 337 g/mol. The molecule has 0 aromatic heterocycles. The third-order valence-electron chi connectivity index (χ3n) is 1.96. The fourth-order valence-electron chi connectivity index (χ4n) is 1.07. The molecule has 1 N–H and O–H groups in total. The third-order valence-corrected chi connectivity index (χ3v) is 2.33. The van der Waals surface area contributed by atoms with Crippen LogP contribution < -0.4 is 0 Å². The van der Waals surface area contributed by atoms with Gasteiger partial charge in [-0.05, 0) is 12.3 Å². The topological polar surface area (TPSA) is 46.5 Å². The summed E-state index contributed by atoms with van der Waals surface area (Å²) < 4.78 is 14.9. The van der Waals surface area contributed by atoms with Crippen LogP contribution in [0.1, 0.15) is 39.5 Å². The maximum absolute atomic E-state index is 10.2. The van der Waals surface area contributed by atoms with Crippen LogP contribution in [0, 0.1) is 46.8 Å². The molecule has 0 aliphatic rings. The molecule has 0 amide bonds. The van der Waals surface area contributed by atoms with E-state index >= 15 is 0 Å². The van der Waals surface area contributed by atoms with Crippen LogP contribution in [-0.4, -0.2) is 11.5 Å². The van der Waals surface area contributed by atoms with Crippen molar-refractivity contribution in [3.8, 4) is 0 Å². The summed E-state index contributed by atoms with van der Waals surface area (Å²) in [5, 5.41) is 0. The summed E-state index contributed by atoms with van der Waals surface area (Å²) in [5.74, 6) is 0.441. The standard InChI is InChI=1S/C8H17O3P.Nd/c1-3-5-6-8(4-2)7-11-12(9)10;/h8H,3-7H2,1-2H3;/p+1. The van der Waals surface area contributed by atoms with Gasteiger partial charge in [-0.3, -0.25) is 0 Å². The zero-order valence-electron chi connectivity index (χ0n) is 8.32. The number of hydrogen-bond acceptors (Lipinski definition) is 2. The van der Waals surface area contributed by atoms with Crippen LogP contribution in [-0.2, 0) is 9.09 Å². The van der Waals surface area contributed by atoms with Crippen LogP contribution in [0.2, 0.25) is 0 Å². The largest absolute Gasteiger partial charge is 0.694 e. The molecule has 2 unspecified atom stereocenters. The SMILES string of the molecule is CCCCC(CC)CO[P+](=O)O.[Nd]. The van der Waals surface area contributed by atoms with E-state index in [1.54, 1.807) is 0 Å². The van der Waals surface area contributed by atoms with E-state index in [4.69, 9.17) is 4.89 Å². The molecule has 0 aliphatic carbocycles. The first-order valence-corrected chi connectivity index (χ1v) is 5.62. The Bertz CT molecular complexity index is 133. The Morgan fingerprint density at radius 2 is 2.08 bits per heavy atom. The van der Waals surface area contributed by atoms with E-state index in [0.29, 0.717) is 12.5 Å². The van der Waals surface area contributed by atoms with Crippen molar-refractivity contribution in [3.63, 3.8) is 0 Å². The van der Waals surface area contributed by atoms with Crippen molar-refractivity contribution >= 4 is 8.25 Å². The van der Waals surface area contributed by atoms with Gasteiger partial charge in [-0.15, -0.1) is 9.42 Å². The maximum atomic E-state index is 10.2. The fraction of sp³-hybridized carbons (Fsp3) is 1.00. The smallest absolute Gasteiger partial charge is 0.133 e. The van der Waals surface area contributed by atoms with Crippen molar-refractivity contribution in [2.45, 2.75) is 39.5 Å². The molecule has 0 fully saturated rings. The van der Waals surface area contributed by atoms with Crippen molar-refractivity contribution in [2.24, 2.45) is 5.92 Å². The molecule has 0 aliphatic heterocycles. The van der Waals surface area contributed by atoms with Gasteiger partial charge < -0.3 is 0 Å². The van der Waals surface area contributed by atoms with Gasteiger partial charge >= 0.3 is 8.25 Å². The molecule has 3 nitrogen and oxygen atoms in total. The molecular formula is C8H18NdO3P+. The Morgan fingerprint density at radius 3 is 2.46 bits per heavy atom. The molecule has 5 heteroatoms. The minimum Gasteiger partial charge on any atom is -0.133 e. The molecule has 0 saturated carbocycles. The number of unbranched alkanes of at least 4 members (excludes halogenated alkanes) is 1. The summed E-state index contributed by atoms with van der Waals surface area (Å²) in [6.07, 6.45) is 4.45. The van der Waals surface area contributed by atoms with E-state index in [9.17, 15) is 4.57 Å². The molecule has 0 heterocycles.